The van der Waals surface area contributed by atoms with E-state index in [9.17, 15) is 9.59 Å². The van der Waals surface area contributed by atoms with Crippen LogP contribution < -0.4 is 10.1 Å². The van der Waals surface area contributed by atoms with E-state index in [-0.39, 0.29) is 17.9 Å². The molecular formula is C19H22ClN3O3S. The monoisotopic (exact) mass is 407 g/mol. The van der Waals surface area contributed by atoms with Crippen LogP contribution in [0.3, 0.4) is 0 Å². The molecule has 2 amide bonds. The lowest BCUT2D eigenvalue weighted by atomic mass is 10.2. The third-order valence-corrected chi connectivity index (χ3v) is 5.83. The molecule has 0 radical (unpaired) electrons. The Bertz CT molecular complexity index is 805. The summed E-state index contributed by atoms with van der Waals surface area (Å²) in [4.78, 5) is 29.7. The van der Waals surface area contributed by atoms with Crippen molar-refractivity contribution in [2.45, 2.75) is 13.0 Å². The number of rotatable bonds is 5. The molecule has 8 heteroatoms. The average molecular weight is 408 g/mol. The normalized spacial score (nSPS) is 16.0. The Hall–Kier alpha value is -2.09. The number of carbonyl (C=O) groups is 2. The predicted molar refractivity (Wildman–Crippen MR) is 108 cm³/mol. The average Bonchev–Trinajstić information content (AvgIpc) is 3.22. The molecule has 0 bridgehead atoms. The maximum atomic E-state index is 12.6. The zero-order chi connectivity index (χ0) is 19.4. The van der Waals surface area contributed by atoms with Crippen LogP contribution in [0.25, 0.3) is 0 Å². The highest BCUT2D eigenvalue weighted by Crippen LogP contribution is 2.27. The van der Waals surface area contributed by atoms with E-state index in [0.29, 0.717) is 42.6 Å². The van der Waals surface area contributed by atoms with Crippen LogP contribution in [0.4, 0.5) is 5.69 Å². The first kappa shape index (κ1) is 19.7. The van der Waals surface area contributed by atoms with Gasteiger partial charge in [0.05, 0.1) is 23.1 Å². The summed E-state index contributed by atoms with van der Waals surface area (Å²) in [6.07, 6.45) is 0. The number of thiophene rings is 1. The molecule has 0 unspecified atom stereocenters. The summed E-state index contributed by atoms with van der Waals surface area (Å²) in [6.45, 7) is 4.42. The van der Waals surface area contributed by atoms with Crippen molar-refractivity contribution in [3.05, 3.63) is 45.6 Å². The number of carbonyl (C=O) groups excluding carboxylic acids is 2. The minimum Gasteiger partial charge on any atom is -0.495 e. The van der Waals surface area contributed by atoms with Crippen LogP contribution >= 0.6 is 22.9 Å². The molecule has 0 aliphatic carbocycles. The number of piperazine rings is 1. The Kier molecular flexibility index (Phi) is 6.36. The van der Waals surface area contributed by atoms with Crippen LogP contribution in [0.1, 0.15) is 16.6 Å². The lowest BCUT2D eigenvalue weighted by molar-refractivity contribution is -0.121. The largest absolute Gasteiger partial charge is 0.495 e. The summed E-state index contributed by atoms with van der Waals surface area (Å²) < 4.78 is 5.12. The Balaban J connectivity index is 1.54. The zero-order valence-electron chi connectivity index (χ0n) is 15.3. The molecule has 1 aliphatic rings. The van der Waals surface area contributed by atoms with Gasteiger partial charge in [0.2, 0.25) is 5.91 Å². The van der Waals surface area contributed by atoms with Gasteiger partial charge in [-0.1, -0.05) is 17.7 Å². The van der Waals surface area contributed by atoms with Gasteiger partial charge in [-0.25, -0.2) is 0 Å². The molecule has 1 aromatic heterocycles. The molecule has 1 N–H and O–H groups in total. The van der Waals surface area contributed by atoms with E-state index in [1.54, 1.807) is 25.3 Å². The molecule has 144 valence electrons. The molecule has 1 fully saturated rings. The second-order valence-corrected chi connectivity index (χ2v) is 7.67. The maximum Gasteiger partial charge on any atom is 0.264 e. The Morgan fingerprint density at radius 1 is 1.22 bits per heavy atom. The van der Waals surface area contributed by atoms with E-state index >= 15 is 0 Å². The summed E-state index contributed by atoms with van der Waals surface area (Å²) in [5.41, 5.74) is 0.629. The van der Waals surface area contributed by atoms with Gasteiger partial charge < -0.3 is 15.0 Å². The molecule has 27 heavy (non-hydrogen) atoms. The SMILES string of the molecule is COc1ccc(NC(=O)[C@@H](C)N2CCN(C(=O)c3cccs3)CC2)cc1Cl. The fourth-order valence-corrected chi connectivity index (χ4v) is 3.97. The van der Waals surface area contributed by atoms with Crippen LogP contribution in [0.5, 0.6) is 5.75 Å². The number of ether oxygens (including phenoxy) is 1. The summed E-state index contributed by atoms with van der Waals surface area (Å²) in [6, 6.07) is 8.57. The molecule has 1 aliphatic heterocycles. The van der Waals surface area contributed by atoms with Crippen molar-refractivity contribution in [2.75, 3.05) is 38.6 Å². The lowest BCUT2D eigenvalue weighted by Crippen LogP contribution is -2.53. The van der Waals surface area contributed by atoms with Gasteiger partial charge in [-0.15, -0.1) is 11.3 Å². The van der Waals surface area contributed by atoms with Crippen LogP contribution in [0, 0.1) is 0 Å². The first-order chi connectivity index (χ1) is 13.0. The molecule has 3 rings (SSSR count). The van der Waals surface area contributed by atoms with E-state index in [1.165, 1.54) is 11.3 Å². The van der Waals surface area contributed by atoms with Crippen molar-refractivity contribution >= 4 is 40.4 Å². The fourth-order valence-electron chi connectivity index (χ4n) is 3.03. The highest BCUT2D eigenvalue weighted by molar-refractivity contribution is 7.12. The quantitative estimate of drug-likeness (QED) is 0.826. The number of hydrogen-bond donors (Lipinski definition) is 1. The van der Waals surface area contributed by atoms with Gasteiger partial charge in [0, 0.05) is 31.9 Å². The van der Waals surface area contributed by atoms with Crippen LogP contribution in [0.2, 0.25) is 5.02 Å². The molecular weight excluding hydrogens is 386 g/mol. The van der Waals surface area contributed by atoms with Crippen molar-refractivity contribution in [1.82, 2.24) is 9.80 Å². The molecule has 1 aromatic carbocycles. The first-order valence-electron chi connectivity index (χ1n) is 8.71. The third-order valence-electron chi connectivity index (χ3n) is 4.68. The molecule has 2 heterocycles. The van der Waals surface area contributed by atoms with E-state index in [4.69, 9.17) is 16.3 Å². The van der Waals surface area contributed by atoms with Gasteiger partial charge >= 0.3 is 0 Å². The number of amides is 2. The number of halogens is 1. The minimum absolute atomic E-state index is 0.0645. The van der Waals surface area contributed by atoms with Gasteiger partial charge in [0.15, 0.2) is 0 Å². The van der Waals surface area contributed by atoms with E-state index in [2.05, 4.69) is 10.2 Å². The van der Waals surface area contributed by atoms with E-state index < -0.39 is 0 Å². The first-order valence-corrected chi connectivity index (χ1v) is 9.96. The summed E-state index contributed by atoms with van der Waals surface area (Å²) >= 11 is 7.56. The van der Waals surface area contributed by atoms with Crippen LogP contribution in [0.15, 0.2) is 35.7 Å². The molecule has 2 aromatic rings. The maximum absolute atomic E-state index is 12.6. The number of methoxy groups -OCH3 is 1. The number of anilines is 1. The number of benzene rings is 1. The van der Waals surface area contributed by atoms with Crippen molar-refractivity contribution in [3.63, 3.8) is 0 Å². The van der Waals surface area contributed by atoms with Crippen molar-refractivity contribution in [2.24, 2.45) is 0 Å². The number of nitrogens with one attached hydrogen (secondary N) is 1. The smallest absolute Gasteiger partial charge is 0.264 e. The van der Waals surface area contributed by atoms with Crippen molar-refractivity contribution < 1.29 is 14.3 Å². The number of nitrogens with zero attached hydrogens (tertiary/aromatic N) is 2. The third kappa shape index (κ3) is 4.61. The topological polar surface area (TPSA) is 61.9 Å². The van der Waals surface area contributed by atoms with E-state index in [1.807, 2.05) is 29.3 Å². The Labute approximate surface area is 167 Å². The van der Waals surface area contributed by atoms with Gasteiger partial charge in [-0.2, -0.15) is 0 Å². The van der Waals surface area contributed by atoms with Gasteiger partial charge in [0.1, 0.15) is 5.75 Å². The highest BCUT2D eigenvalue weighted by Gasteiger charge is 2.28. The molecule has 0 saturated carbocycles. The molecule has 0 spiro atoms. The Morgan fingerprint density at radius 3 is 2.56 bits per heavy atom. The zero-order valence-corrected chi connectivity index (χ0v) is 16.8. The Morgan fingerprint density at radius 2 is 1.96 bits per heavy atom. The summed E-state index contributed by atoms with van der Waals surface area (Å²) in [7, 11) is 1.55. The van der Waals surface area contributed by atoms with Gasteiger partial charge in [0.25, 0.3) is 5.91 Å². The minimum atomic E-state index is -0.301. The summed E-state index contributed by atoms with van der Waals surface area (Å²) in [5.74, 6) is 0.526. The summed E-state index contributed by atoms with van der Waals surface area (Å²) in [5, 5.41) is 5.24. The predicted octanol–water partition coefficient (Wildman–Crippen LogP) is 3.20. The molecule has 1 saturated heterocycles. The highest BCUT2D eigenvalue weighted by atomic mass is 35.5. The van der Waals surface area contributed by atoms with Crippen molar-refractivity contribution in [1.29, 1.82) is 0 Å². The molecule has 6 nitrogen and oxygen atoms in total. The lowest BCUT2D eigenvalue weighted by Gasteiger charge is -2.37. The standard InChI is InChI=1S/C19H22ClN3O3S/c1-13(18(24)21-14-5-6-16(26-2)15(20)12-14)22-7-9-23(10-8-22)19(25)17-4-3-11-27-17/h3-6,11-13H,7-10H2,1-2H3,(H,21,24)/t13-/m1/s1. The van der Waals surface area contributed by atoms with E-state index in [0.717, 1.165) is 4.88 Å². The fraction of sp³-hybridized carbons (Fsp3) is 0.368. The number of hydrogen-bond acceptors (Lipinski definition) is 5. The van der Waals surface area contributed by atoms with Crippen LogP contribution in [-0.4, -0.2) is 60.9 Å². The van der Waals surface area contributed by atoms with Crippen molar-refractivity contribution in [3.8, 4) is 5.75 Å². The second kappa shape index (κ2) is 8.73. The second-order valence-electron chi connectivity index (χ2n) is 6.32. The van der Waals surface area contributed by atoms with Gasteiger partial charge in [-0.05, 0) is 36.6 Å². The van der Waals surface area contributed by atoms with Gasteiger partial charge in [-0.3, -0.25) is 14.5 Å². The van der Waals surface area contributed by atoms with Crippen LogP contribution in [-0.2, 0) is 4.79 Å². The molecule has 1 atom stereocenters.